The van der Waals surface area contributed by atoms with Gasteiger partial charge in [-0.2, -0.15) is 0 Å². The van der Waals surface area contributed by atoms with Crippen LogP contribution in [0, 0.1) is 5.82 Å². The minimum Gasteiger partial charge on any atom is -0.313 e. The van der Waals surface area contributed by atoms with Crippen LogP contribution in [0.25, 0.3) is 0 Å². The lowest BCUT2D eigenvalue weighted by atomic mass is 10.0. The van der Waals surface area contributed by atoms with Gasteiger partial charge in [0.1, 0.15) is 5.82 Å². The van der Waals surface area contributed by atoms with Gasteiger partial charge in [0.25, 0.3) is 0 Å². The summed E-state index contributed by atoms with van der Waals surface area (Å²) in [5, 5.41) is 6.25. The highest BCUT2D eigenvalue weighted by Gasteiger charge is 2.16. The van der Waals surface area contributed by atoms with Gasteiger partial charge in [-0.1, -0.05) is 23.7 Å². The van der Waals surface area contributed by atoms with E-state index in [1.54, 1.807) is 23.6 Å². The first-order chi connectivity index (χ1) is 8.22. The van der Waals surface area contributed by atoms with Gasteiger partial charge in [-0.15, -0.1) is 11.3 Å². The Morgan fingerprint density at radius 2 is 2.35 bits per heavy atom. The first-order valence-corrected chi connectivity index (χ1v) is 6.47. The Morgan fingerprint density at radius 1 is 1.53 bits per heavy atom. The fourth-order valence-electron chi connectivity index (χ4n) is 1.69. The maximum Gasteiger partial charge on any atom is 0.142 e. The number of hydrogen-bond donors (Lipinski definition) is 1. The molecule has 0 aliphatic rings. The molecule has 17 heavy (non-hydrogen) atoms. The van der Waals surface area contributed by atoms with Crippen LogP contribution in [-0.2, 0) is 6.42 Å². The summed E-state index contributed by atoms with van der Waals surface area (Å²) < 4.78 is 13.4. The SMILES string of the molecule is CNC(Cc1nccs1)c1cccc(F)c1Cl. The second-order valence-corrected chi connectivity index (χ2v) is 4.97. The number of aromatic nitrogens is 1. The van der Waals surface area contributed by atoms with Crippen LogP contribution in [0.5, 0.6) is 0 Å². The van der Waals surface area contributed by atoms with Crippen LogP contribution < -0.4 is 5.32 Å². The van der Waals surface area contributed by atoms with Gasteiger partial charge >= 0.3 is 0 Å². The molecule has 2 rings (SSSR count). The largest absolute Gasteiger partial charge is 0.313 e. The van der Waals surface area contributed by atoms with Gasteiger partial charge in [-0.25, -0.2) is 9.37 Å². The first kappa shape index (κ1) is 12.5. The smallest absolute Gasteiger partial charge is 0.142 e. The van der Waals surface area contributed by atoms with Crippen molar-refractivity contribution in [1.29, 1.82) is 0 Å². The van der Waals surface area contributed by atoms with Crippen molar-refractivity contribution in [2.45, 2.75) is 12.5 Å². The van der Waals surface area contributed by atoms with Crippen molar-refractivity contribution < 1.29 is 4.39 Å². The summed E-state index contributed by atoms with van der Waals surface area (Å²) in [6.45, 7) is 0. The van der Waals surface area contributed by atoms with Gasteiger partial charge in [0, 0.05) is 24.0 Å². The highest BCUT2D eigenvalue weighted by molar-refractivity contribution is 7.09. The molecule has 2 aromatic rings. The van der Waals surface area contributed by atoms with Gasteiger partial charge in [0.2, 0.25) is 0 Å². The van der Waals surface area contributed by atoms with Gasteiger partial charge in [-0.05, 0) is 18.7 Å². The fraction of sp³-hybridized carbons (Fsp3) is 0.250. The lowest BCUT2D eigenvalue weighted by molar-refractivity contribution is 0.576. The van der Waals surface area contributed by atoms with E-state index < -0.39 is 0 Å². The summed E-state index contributed by atoms with van der Waals surface area (Å²) in [5.41, 5.74) is 0.768. The van der Waals surface area contributed by atoms with E-state index >= 15 is 0 Å². The zero-order chi connectivity index (χ0) is 12.3. The maximum absolute atomic E-state index is 13.4. The number of halogens is 2. The lowest BCUT2D eigenvalue weighted by Crippen LogP contribution is -2.19. The molecule has 0 spiro atoms. The molecule has 1 N–H and O–H groups in total. The molecule has 1 heterocycles. The Kier molecular flexibility index (Phi) is 4.10. The van der Waals surface area contributed by atoms with Crippen LogP contribution in [0.1, 0.15) is 16.6 Å². The quantitative estimate of drug-likeness (QED) is 0.921. The molecule has 0 bridgehead atoms. The molecule has 5 heteroatoms. The van der Waals surface area contributed by atoms with Crippen molar-refractivity contribution in [2.24, 2.45) is 0 Å². The van der Waals surface area contributed by atoms with Crippen LogP contribution >= 0.6 is 22.9 Å². The molecule has 0 saturated carbocycles. The predicted octanol–water partition coefficient (Wildman–Crippen LogP) is 3.44. The number of nitrogens with zero attached hydrogens (tertiary/aromatic N) is 1. The number of nitrogens with one attached hydrogen (secondary N) is 1. The van der Waals surface area contributed by atoms with Crippen LogP contribution in [0.4, 0.5) is 4.39 Å². The molecular formula is C12H12ClFN2S. The van der Waals surface area contributed by atoms with Crippen molar-refractivity contribution >= 4 is 22.9 Å². The number of likely N-dealkylation sites (N-methyl/N-ethyl adjacent to an activating group) is 1. The normalized spacial score (nSPS) is 12.6. The summed E-state index contributed by atoms with van der Waals surface area (Å²) in [4.78, 5) is 4.22. The van der Waals surface area contributed by atoms with Gasteiger partial charge < -0.3 is 5.32 Å². The van der Waals surface area contributed by atoms with Crippen LogP contribution in [0.2, 0.25) is 5.02 Å². The van der Waals surface area contributed by atoms with E-state index in [2.05, 4.69) is 10.3 Å². The molecule has 1 aromatic heterocycles. The molecule has 1 unspecified atom stereocenters. The van der Waals surface area contributed by atoms with Crippen molar-refractivity contribution in [2.75, 3.05) is 7.05 Å². The third-order valence-corrected chi connectivity index (χ3v) is 3.77. The average molecular weight is 271 g/mol. The van der Waals surface area contributed by atoms with E-state index in [-0.39, 0.29) is 16.9 Å². The van der Waals surface area contributed by atoms with Crippen LogP contribution in [0.15, 0.2) is 29.8 Å². The Bertz CT molecular complexity index is 487. The summed E-state index contributed by atoms with van der Waals surface area (Å²) in [7, 11) is 1.83. The molecule has 0 aliphatic carbocycles. The van der Waals surface area contributed by atoms with Crippen LogP contribution in [-0.4, -0.2) is 12.0 Å². The maximum atomic E-state index is 13.4. The Labute approximate surface area is 108 Å². The fourth-order valence-corrected chi connectivity index (χ4v) is 2.61. The number of rotatable bonds is 4. The van der Waals surface area contributed by atoms with Crippen molar-refractivity contribution in [3.05, 3.63) is 51.2 Å². The third-order valence-electron chi connectivity index (χ3n) is 2.57. The van der Waals surface area contributed by atoms with E-state index in [0.29, 0.717) is 6.42 Å². The Morgan fingerprint density at radius 3 is 3.00 bits per heavy atom. The molecule has 90 valence electrons. The van der Waals surface area contributed by atoms with Gasteiger partial charge in [0.15, 0.2) is 0 Å². The Balaban J connectivity index is 2.26. The summed E-state index contributed by atoms with van der Waals surface area (Å²) in [6.07, 6.45) is 2.47. The summed E-state index contributed by atoms with van der Waals surface area (Å²) in [6, 6.07) is 4.84. The molecule has 0 saturated heterocycles. The van der Waals surface area contributed by atoms with Crippen molar-refractivity contribution in [3.63, 3.8) is 0 Å². The van der Waals surface area contributed by atoms with Crippen molar-refractivity contribution in [1.82, 2.24) is 10.3 Å². The van der Waals surface area contributed by atoms with Crippen LogP contribution in [0.3, 0.4) is 0 Å². The molecule has 1 aromatic carbocycles. The highest BCUT2D eigenvalue weighted by atomic mass is 35.5. The minimum atomic E-state index is -0.386. The summed E-state index contributed by atoms with van der Waals surface area (Å²) in [5.74, 6) is -0.386. The zero-order valence-electron chi connectivity index (χ0n) is 9.28. The number of benzene rings is 1. The number of thiazole rings is 1. The minimum absolute atomic E-state index is 0.0237. The first-order valence-electron chi connectivity index (χ1n) is 5.22. The zero-order valence-corrected chi connectivity index (χ0v) is 10.9. The van der Waals surface area contributed by atoms with E-state index in [1.165, 1.54) is 6.07 Å². The molecule has 0 aliphatic heterocycles. The van der Waals surface area contributed by atoms with Gasteiger partial charge in [0.05, 0.1) is 10.0 Å². The summed E-state index contributed by atoms with van der Waals surface area (Å²) >= 11 is 7.56. The topological polar surface area (TPSA) is 24.9 Å². The molecule has 0 radical (unpaired) electrons. The second kappa shape index (κ2) is 5.58. The average Bonchev–Trinajstić information content (AvgIpc) is 2.83. The standard InChI is InChI=1S/C12H12ClFN2S/c1-15-10(7-11-16-5-6-17-11)8-3-2-4-9(14)12(8)13/h2-6,10,15H,7H2,1H3. The lowest BCUT2D eigenvalue weighted by Gasteiger charge is -2.17. The van der Waals surface area contributed by atoms with E-state index in [0.717, 1.165) is 10.6 Å². The number of hydrogen-bond acceptors (Lipinski definition) is 3. The van der Waals surface area contributed by atoms with E-state index in [4.69, 9.17) is 11.6 Å². The second-order valence-electron chi connectivity index (χ2n) is 3.61. The predicted molar refractivity (Wildman–Crippen MR) is 69.0 cm³/mol. The molecular weight excluding hydrogens is 259 g/mol. The van der Waals surface area contributed by atoms with E-state index in [1.807, 2.05) is 18.5 Å². The molecule has 0 fully saturated rings. The Hall–Kier alpha value is -0.970. The third kappa shape index (κ3) is 2.83. The monoisotopic (exact) mass is 270 g/mol. The molecule has 0 amide bonds. The molecule has 1 atom stereocenters. The van der Waals surface area contributed by atoms with E-state index in [9.17, 15) is 4.39 Å². The van der Waals surface area contributed by atoms with Gasteiger partial charge in [-0.3, -0.25) is 0 Å². The molecule has 2 nitrogen and oxygen atoms in total. The highest BCUT2D eigenvalue weighted by Crippen LogP contribution is 2.28. The van der Waals surface area contributed by atoms with Crippen molar-refractivity contribution in [3.8, 4) is 0 Å².